The Morgan fingerprint density at radius 3 is 2.05 bits per heavy atom. The van der Waals surface area contributed by atoms with Crippen molar-refractivity contribution in [2.24, 2.45) is 17.6 Å². The lowest BCUT2D eigenvalue weighted by atomic mass is 9.76. The Hall–Kier alpha value is -0.960. The van der Waals surface area contributed by atoms with E-state index in [2.05, 4.69) is 27.7 Å². The summed E-state index contributed by atoms with van der Waals surface area (Å²) in [4.78, 5) is 9.56. The summed E-state index contributed by atoms with van der Waals surface area (Å²) in [5.74, 6) is 3.34. The third-order valence-electron chi connectivity index (χ3n) is 4.91. The first-order valence-electron chi connectivity index (χ1n) is 8.07. The molecule has 0 aromatic carbocycles. The van der Waals surface area contributed by atoms with Crippen LogP contribution in [0.4, 0.5) is 0 Å². The van der Waals surface area contributed by atoms with E-state index in [1.165, 1.54) is 31.2 Å². The number of aryl methyl sites for hydroxylation is 2. The molecule has 0 saturated heterocycles. The summed E-state index contributed by atoms with van der Waals surface area (Å²) in [5, 5.41) is 0. The molecule has 0 spiro atoms. The van der Waals surface area contributed by atoms with Gasteiger partial charge in [0.25, 0.3) is 0 Å². The second-order valence-corrected chi connectivity index (χ2v) is 6.63. The number of hydrogen-bond donors (Lipinski definition) is 1. The van der Waals surface area contributed by atoms with Crippen LogP contribution in [0.15, 0.2) is 0 Å². The van der Waals surface area contributed by atoms with Gasteiger partial charge in [0.2, 0.25) is 0 Å². The molecular formula is C17H29N3. The summed E-state index contributed by atoms with van der Waals surface area (Å²) >= 11 is 0. The van der Waals surface area contributed by atoms with Gasteiger partial charge in [-0.3, -0.25) is 0 Å². The minimum atomic E-state index is 0.564. The first-order chi connectivity index (χ1) is 9.52. The SMILES string of the molecule is Cc1nc(C2CCC(C(C)C)CC2)nc(C)c1CCN. The topological polar surface area (TPSA) is 51.8 Å². The van der Waals surface area contributed by atoms with Crippen LogP contribution in [0.3, 0.4) is 0 Å². The highest BCUT2D eigenvalue weighted by Gasteiger charge is 2.26. The molecule has 112 valence electrons. The standard InChI is InChI=1S/C17H29N3/c1-11(2)14-5-7-15(8-6-14)17-19-12(3)16(9-10-18)13(4)20-17/h11,14-15H,5-10,18H2,1-4H3. The van der Waals surface area contributed by atoms with Crippen LogP contribution in [0.5, 0.6) is 0 Å². The maximum absolute atomic E-state index is 5.67. The van der Waals surface area contributed by atoms with Crippen LogP contribution < -0.4 is 5.73 Å². The van der Waals surface area contributed by atoms with Gasteiger partial charge in [0.1, 0.15) is 5.82 Å². The molecule has 0 atom stereocenters. The third-order valence-corrected chi connectivity index (χ3v) is 4.91. The van der Waals surface area contributed by atoms with Gasteiger partial charge in [-0.25, -0.2) is 9.97 Å². The summed E-state index contributed by atoms with van der Waals surface area (Å²) in [6, 6.07) is 0. The highest BCUT2D eigenvalue weighted by atomic mass is 14.9. The molecule has 20 heavy (non-hydrogen) atoms. The van der Waals surface area contributed by atoms with Gasteiger partial charge in [0.05, 0.1) is 0 Å². The third kappa shape index (κ3) is 3.38. The van der Waals surface area contributed by atoms with E-state index in [1.807, 2.05) is 0 Å². The number of nitrogens with zero attached hydrogens (tertiary/aromatic N) is 2. The van der Waals surface area contributed by atoms with Crippen LogP contribution in [-0.4, -0.2) is 16.5 Å². The Morgan fingerprint density at radius 2 is 1.60 bits per heavy atom. The lowest BCUT2D eigenvalue weighted by Gasteiger charge is -2.30. The van der Waals surface area contributed by atoms with E-state index in [4.69, 9.17) is 15.7 Å². The molecule has 3 nitrogen and oxygen atoms in total. The van der Waals surface area contributed by atoms with Crippen molar-refractivity contribution in [2.45, 2.75) is 65.7 Å². The molecule has 3 heteroatoms. The van der Waals surface area contributed by atoms with Crippen molar-refractivity contribution in [3.05, 3.63) is 22.8 Å². The van der Waals surface area contributed by atoms with Gasteiger partial charge < -0.3 is 5.73 Å². The summed E-state index contributed by atoms with van der Waals surface area (Å²) in [5.41, 5.74) is 9.17. The molecule has 2 rings (SSSR count). The van der Waals surface area contributed by atoms with E-state index in [0.717, 1.165) is 35.5 Å². The molecule has 1 fully saturated rings. The van der Waals surface area contributed by atoms with Crippen molar-refractivity contribution in [3.8, 4) is 0 Å². The molecular weight excluding hydrogens is 246 g/mol. The molecule has 2 N–H and O–H groups in total. The van der Waals surface area contributed by atoms with Crippen molar-refractivity contribution >= 4 is 0 Å². The summed E-state index contributed by atoms with van der Waals surface area (Å²) in [6.45, 7) is 9.56. The van der Waals surface area contributed by atoms with Crippen molar-refractivity contribution in [2.75, 3.05) is 6.54 Å². The second kappa shape index (κ2) is 6.66. The van der Waals surface area contributed by atoms with E-state index in [1.54, 1.807) is 0 Å². The van der Waals surface area contributed by atoms with Crippen molar-refractivity contribution in [1.82, 2.24) is 9.97 Å². The molecule has 0 aliphatic heterocycles. The smallest absolute Gasteiger partial charge is 0.131 e. The van der Waals surface area contributed by atoms with E-state index < -0.39 is 0 Å². The molecule has 1 heterocycles. The largest absolute Gasteiger partial charge is 0.330 e. The van der Waals surface area contributed by atoms with Crippen LogP contribution in [0.2, 0.25) is 0 Å². The quantitative estimate of drug-likeness (QED) is 0.914. The molecule has 0 bridgehead atoms. The van der Waals surface area contributed by atoms with E-state index in [0.29, 0.717) is 12.5 Å². The minimum absolute atomic E-state index is 0.564. The zero-order valence-electron chi connectivity index (χ0n) is 13.4. The van der Waals surface area contributed by atoms with E-state index in [9.17, 15) is 0 Å². The average Bonchev–Trinajstić information content (AvgIpc) is 2.42. The molecule has 0 radical (unpaired) electrons. The molecule has 0 unspecified atom stereocenters. The van der Waals surface area contributed by atoms with Gasteiger partial charge in [0.15, 0.2) is 0 Å². The highest BCUT2D eigenvalue weighted by Crippen LogP contribution is 2.37. The maximum Gasteiger partial charge on any atom is 0.131 e. The molecule has 1 aliphatic rings. The Balaban J connectivity index is 2.11. The van der Waals surface area contributed by atoms with Crippen molar-refractivity contribution < 1.29 is 0 Å². The summed E-state index contributed by atoms with van der Waals surface area (Å²) in [6.07, 6.45) is 6.04. The average molecular weight is 275 g/mol. The van der Waals surface area contributed by atoms with Gasteiger partial charge in [-0.1, -0.05) is 13.8 Å². The number of rotatable bonds is 4. The number of nitrogens with two attached hydrogens (primary N) is 1. The van der Waals surface area contributed by atoms with Gasteiger partial charge in [-0.05, 0) is 69.9 Å². The van der Waals surface area contributed by atoms with E-state index in [-0.39, 0.29) is 0 Å². The van der Waals surface area contributed by atoms with E-state index >= 15 is 0 Å². The van der Waals surface area contributed by atoms with Crippen LogP contribution in [0.25, 0.3) is 0 Å². The Morgan fingerprint density at radius 1 is 1.05 bits per heavy atom. The lowest BCUT2D eigenvalue weighted by molar-refractivity contribution is 0.254. The van der Waals surface area contributed by atoms with Crippen LogP contribution in [-0.2, 0) is 6.42 Å². The maximum atomic E-state index is 5.67. The fraction of sp³-hybridized carbons (Fsp3) is 0.765. The van der Waals surface area contributed by atoms with Gasteiger partial charge in [0, 0.05) is 17.3 Å². The zero-order chi connectivity index (χ0) is 14.7. The highest BCUT2D eigenvalue weighted by molar-refractivity contribution is 5.25. The fourth-order valence-electron chi connectivity index (χ4n) is 3.50. The zero-order valence-corrected chi connectivity index (χ0v) is 13.4. The Bertz CT molecular complexity index is 423. The predicted octanol–water partition coefficient (Wildman–Crippen LogP) is 3.52. The second-order valence-electron chi connectivity index (χ2n) is 6.63. The molecule has 1 saturated carbocycles. The molecule has 0 amide bonds. The fourth-order valence-corrected chi connectivity index (χ4v) is 3.50. The predicted molar refractivity (Wildman–Crippen MR) is 83.8 cm³/mol. The van der Waals surface area contributed by atoms with Crippen LogP contribution in [0.1, 0.15) is 68.2 Å². The monoisotopic (exact) mass is 275 g/mol. The number of aromatic nitrogens is 2. The van der Waals surface area contributed by atoms with Crippen molar-refractivity contribution in [1.29, 1.82) is 0 Å². The summed E-state index contributed by atoms with van der Waals surface area (Å²) < 4.78 is 0. The molecule has 1 aromatic rings. The number of hydrogen-bond acceptors (Lipinski definition) is 3. The normalized spacial score (nSPS) is 23.3. The van der Waals surface area contributed by atoms with Gasteiger partial charge >= 0.3 is 0 Å². The van der Waals surface area contributed by atoms with Crippen LogP contribution >= 0.6 is 0 Å². The van der Waals surface area contributed by atoms with Gasteiger partial charge in [-0.15, -0.1) is 0 Å². The first-order valence-corrected chi connectivity index (χ1v) is 8.07. The Kier molecular flexibility index (Phi) is 5.14. The van der Waals surface area contributed by atoms with Crippen LogP contribution in [0, 0.1) is 25.7 Å². The summed E-state index contributed by atoms with van der Waals surface area (Å²) in [7, 11) is 0. The Labute approximate surface area is 123 Å². The first kappa shape index (κ1) is 15.4. The van der Waals surface area contributed by atoms with Crippen molar-refractivity contribution in [3.63, 3.8) is 0 Å². The minimum Gasteiger partial charge on any atom is -0.330 e. The molecule has 1 aromatic heterocycles. The van der Waals surface area contributed by atoms with Gasteiger partial charge in [-0.2, -0.15) is 0 Å². The molecule has 1 aliphatic carbocycles. The lowest BCUT2D eigenvalue weighted by Crippen LogP contribution is -2.20.